The Kier molecular flexibility index (Phi) is 5.23. The van der Waals surface area contributed by atoms with Crippen molar-refractivity contribution in [2.45, 2.75) is 13.0 Å². The standard InChI is InChI=1S/C7H12N2O5/c1-4(11)9-5(3-10)7(14)8-2-6(12)13/h5,10H,2-3H2,1H3,(H,8,14)(H,9,11)(H,12,13)/t5-/m0/s1. The van der Waals surface area contributed by atoms with E-state index in [4.69, 9.17) is 10.2 Å². The first kappa shape index (κ1) is 12.4. The minimum absolute atomic E-state index is 0.477. The SMILES string of the molecule is CC(=O)N[C@@H](CO)C(=O)NCC(=O)O. The number of carboxylic acids is 1. The van der Waals surface area contributed by atoms with Crippen LogP contribution in [-0.2, 0) is 14.4 Å². The summed E-state index contributed by atoms with van der Waals surface area (Å²) < 4.78 is 0. The van der Waals surface area contributed by atoms with Crippen molar-refractivity contribution in [1.29, 1.82) is 0 Å². The fourth-order valence-electron chi connectivity index (χ4n) is 0.725. The van der Waals surface area contributed by atoms with Gasteiger partial charge in [-0.25, -0.2) is 0 Å². The summed E-state index contributed by atoms with van der Waals surface area (Å²) in [7, 11) is 0. The Morgan fingerprint density at radius 3 is 2.29 bits per heavy atom. The molecule has 7 heteroatoms. The van der Waals surface area contributed by atoms with Crippen LogP contribution in [0.15, 0.2) is 0 Å². The number of carbonyl (C=O) groups excluding carboxylic acids is 2. The van der Waals surface area contributed by atoms with Gasteiger partial charge in [-0.15, -0.1) is 0 Å². The van der Waals surface area contributed by atoms with E-state index in [1.54, 1.807) is 0 Å². The van der Waals surface area contributed by atoms with E-state index in [1.165, 1.54) is 6.92 Å². The fourth-order valence-corrected chi connectivity index (χ4v) is 0.725. The third-order valence-corrected chi connectivity index (χ3v) is 1.29. The Balaban J connectivity index is 4.04. The topological polar surface area (TPSA) is 116 Å². The molecule has 1 atom stereocenters. The summed E-state index contributed by atoms with van der Waals surface area (Å²) in [5.74, 6) is -2.41. The zero-order valence-corrected chi connectivity index (χ0v) is 7.61. The number of hydrogen-bond acceptors (Lipinski definition) is 4. The maximum atomic E-state index is 11.1. The summed E-state index contributed by atoms with van der Waals surface area (Å²) in [6.45, 7) is 0.0626. The van der Waals surface area contributed by atoms with Crippen LogP contribution < -0.4 is 10.6 Å². The van der Waals surface area contributed by atoms with Crippen LogP contribution in [0.5, 0.6) is 0 Å². The van der Waals surface area contributed by atoms with Crippen LogP contribution in [0.3, 0.4) is 0 Å². The van der Waals surface area contributed by atoms with E-state index < -0.39 is 37.0 Å². The summed E-state index contributed by atoms with van der Waals surface area (Å²) in [5.41, 5.74) is 0. The average Bonchev–Trinajstić information content (AvgIpc) is 2.09. The summed E-state index contributed by atoms with van der Waals surface area (Å²) >= 11 is 0. The number of nitrogens with one attached hydrogen (secondary N) is 2. The lowest BCUT2D eigenvalue weighted by Gasteiger charge is -2.13. The first-order chi connectivity index (χ1) is 6.47. The van der Waals surface area contributed by atoms with E-state index in [0.29, 0.717) is 0 Å². The number of carboxylic acid groups (broad SMARTS) is 1. The molecule has 7 nitrogen and oxygen atoms in total. The van der Waals surface area contributed by atoms with Crippen LogP contribution in [0.4, 0.5) is 0 Å². The predicted molar refractivity (Wildman–Crippen MR) is 45.3 cm³/mol. The zero-order chi connectivity index (χ0) is 11.1. The second kappa shape index (κ2) is 5.92. The highest BCUT2D eigenvalue weighted by Gasteiger charge is 2.18. The molecule has 0 spiro atoms. The van der Waals surface area contributed by atoms with Crippen LogP contribution in [0.1, 0.15) is 6.92 Å². The van der Waals surface area contributed by atoms with E-state index in [0.717, 1.165) is 0 Å². The number of hydrogen-bond donors (Lipinski definition) is 4. The van der Waals surface area contributed by atoms with Gasteiger partial charge in [0.15, 0.2) is 0 Å². The summed E-state index contributed by atoms with van der Waals surface area (Å²) in [6.07, 6.45) is 0. The summed E-state index contributed by atoms with van der Waals surface area (Å²) in [5, 5.41) is 21.1. The molecular formula is C7H12N2O5. The number of amides is 2. The van der Waals surface area contributed by atoms with E-state index in [-0.39, 0.29) is 0 Å². The molecule has 80 valence electrons. The van der Waals surface area contributed by atoms with Crippen molar-refractivity contribution in [1.82, 2.24) is 10.6 Å². The van der Waals surface area contributed by atoms with Crippen molar-refractivity contribution in [3.05, 3.63) is 0 Å². The molecule has 2 amide bonds. The highest BCUT2D eigenvalue weighted by atomic mass is 16.4. The van der Waals surface area contributed by atoms with E-state index in [1.807, 2.05) is 5.32 Å². The van der Waals surface area contributed by atoms with Gasteiger partial charge in [-0.05, 0) is 0 Å². The molecule has 0 aliphatic carbocycles. The van der Waals surface area contributed by atoms with Crippen LogP contribution in [0.25, 0.3) is 0 Å². The van der Waals surface area contributed by atoms with Gasteiger partial charge in [-0.1, -0.05) is 0 Å². The van der Waals surface area contributed by atoms with Crippen molar-refractivity contribution >= 4 is 17.8 Å². The highest BCUT2D eigenvalue weighted by Crippen LogP contribution is 1.82. The molecule has 0 saturated heterocycles. The number of aliphatic carboxylic acids is 1. The highest BCUT2D eigenvalue weighted by molar-refractivity contribution is 5.88. The second-order valence-corrected chi connectivity index (χ2v) is 2.55. The van der Waals surface area contributed by atoms with Gasteiger partial charge < -0.3 is 20.8 Å². The number of rotatable bonds is 5. The van der Waals surface area contributed by atoms with E-state index >= 15 is 0 Å². The van der Waals surface area contributed by atoms with Crippen LogP contribution in [0.2, 0.25) is 0 Å². The van der Waals surface area contributed by atoms with Gasteiger partial charge in [0, 0.05) is 6.92 Å². The van der Waals surface area contributed by atoms with Gasteiger partial charge in [-0.2, -0.15) is 0 Å². The van der Waals surface area contributed by atoms with E-state index in [9.17, 15) is 14.4 Å². The average molecular weight is 204 g/mol. The van der Waals surface area contributed by atoms with E-state index in [2.05, 4.69) is 5.32 Å². The molecule has 0 heterocycles. The molecule has 0 unspecified atom stereocenters. The van der Waals surface area contributed by atoms with Crippen molar-refractivity contribution in [3.8, 4) is 0 Å². The van der Waals surface area contributed by atoms with Gasteiger partial charge in [-0.3, -0.25) is 14.4 Å². The van der Waals surface area contributed by atoms with Gasteiger partial charge in [0.25, 0.3) is 0 Å². The molecule has 0 aliphatic rings. The number of carbonyl (C=O) groups is 3. The Hall–Kier alpha value is -1.63. The fraction of sp³-hybridized carbons (Fsp3) is 0.571. The molecule has 14 heavy (non-hydrogen) atoms. The monoisotopic (exact) mass is 204 g/mol. The maximum Gasteiger partial charge on any atom is 0.322 e. The molecule has 0 aromatic carbocycles. The van der Waals surface area contributed by atoms with Gasteiger partial charge in [0.2, 0.25) is 11.8 Å². The van der Waals surface area contributed by atoms with Crippen molar-refractivity contribution in [2.75, 3.05) is 13.2 Å². The van der Waals surface area contributed by atoms with Crippen LogP contribution in [0, 0.1) is 0 Å². The molecular weight excluding hydrogens is 192 g/mol. The number of aliphatic hydroxyl groups is 1. The third-order valence-electron chi connectivity index (χ3n) is 1.29. The second-order valence-electron chi connectivity index (χ2n) is 2.55. The van der Waals surface area contributed by atoms with Gasteiger partial charge in [0.1, 0.15) is 12.6 Å². The Morgan fingerprint density at radius 1 is 1.36 bits per heavy atom. The lowest BCUT2D eigenvalue weighted by Crippen LogP contribution is -2.49. The molecule has 0 fully saturated rings. The lowest BCUT2D eigenvalue weighted by molar-refractivity contribution is -0.138. The van der Waals surface area contributed by atoms with Crippen LogP contribution in [-0.4, -0.2) is 47.2 Å². The minimum atomic E-state index is -1.20. The molecule has 0 radical (unpaired) electrons. The minimum Gasteiger partial charge on any atom is -0.480 e. The Morgan fingerprint density at radius 2 is 1.93 bits per heavy atom. The first-order valence-electron chi connectivity index (χ1n) is 3.84. The summed E-state index contributed by atoms with van der Waals surface area (Å²) in [4.78, 5) is 31.7. The van der Waals surface area contributed by atoms with Gasteiger partial charge in [0.05, 0.1) is 6.61 Å². The third kappa shape index (κ3) is 5.09. The Bertz CT molecular complexity index is 240. The van der Waals surface area contributed by atoms with Crippen LogP contribution >= 0.6 is 0 Å². The van der Waals surface area contributed by atoms with Gasteiger partial charge >= 0.3 is 5.97 Å². The molecule has 0 bridgehead atoms. The zero-order valence-electron chi connectivity index (χ0n) is 7.61. The summed E-state index contributed by atoms with van der Waals surface area (Å²) in [6, 6.07) is -1.10. The molecule has 0 saturated carbocycles. The Labute approximate surface area is 80.1 Å². The largest absolute Gasteiger partial charge is 0.480 e. The van der Waals surface area contributed by atoms with Crippen molar-refractivity contribution in [3.63, 3.8) is 0 Å². The normalized spacial score (nSPS) is 11.6. The molecule has 4 N–H and O–H groups in total. The molecule has 0 aliphatic heterocycles. The molecule has 0 aromatic heterocycles. The predicted octanol–water partition coefficient (Wildman–Crippen LogP) is -2.32. The quantitative estimate of drug-likeness (QED) is 0.401. The first-order valence-corrected chi connectivity index (χ1v) is 3.84. The van der Waals surface area contributed by atoms with Crippen molar-refractivity contribution in [2.24, 2.45) is 0 Å². The number of aliphatic hydroxyl groups excluding tert-OH is 1. The smallest absolute Gasteiger partial charge is 0.322 e. The maximum absolute atomic E-state index is 11.1. The lowest BCUT2D eigenvalue weighted by atomic mass is 10.3. The van der Waals surface area contributed by atoms with Crippen molar-refractivity contribution < 1.29 is 24.6 Å². The molecule has 0 rings (SSSR count). The molecule has 0 aromatic rings.